The van der Waals surface area contributed by atoms with Gasteiger partial charge in [-0.05, 0) is 25.7 Å². The SMILES string of the molecule is C=C.C=C(CC)CNC(C)C.C=C(CCCCCCCCCCCCCCC)NCCCC.CC.CC. The van der Waals surface area contributed by atoms with Crippen molar-refractivity contribution in [3.05, 3.63) is 37.6 Å². The summed E-state index contributed by atoms with van der Waals surface area (Å²) in [5.74, 6) is 0. The number of hydrogen-bond acceptors (Lipinski definition) is 2. The number of rotatable bonds is 22. The van der Waals surface area contributed by atoms with E-state index in [2.05, 4.69) is 71.6 Å². The van der Waals surface area contributed by atoms with Gasteiger partial charge in [0.1, 0.15) is 0 Å². The third-order valence-electron chi connectivity index (χ3n) is 5.75. The fourth-order valence-corrected chi connectivity index (χ4v) is 3.36. The van der Waals surface area contributed by atoms with E-state index in [1.54, 1.807) is 0 Å². The Bertz CT molecular complexity index is 387. The highest BCUT2D eigenvalue weighted by Crippen LogP contribution is 2.13. The first kappa shape index (κ1) is 45.9. The Kier molecular flexibility index (Phi) is 59.6. The number of unbranched alkanes of at least 4 members (excludes halogenated alkanes) is 13. The van der Waals surface area contributed by atoms with Crippen LogP contribution < -0.4 is 10.6 Å². The summed E-state index contributed by atoms with van der Waals surface area (Å²) in [4.78, 5) is 0. The van der Waals surface area contributed by atoms with Crippen LogP contribution >= 0.6 is 0 Å². The lowest BCUT2D eigenvalue weighted by Crippen LogP contribution is -2.24. The van der Waals surface area contributed by atoms with Crippen molar-refractivity contribution < 1.29 is 0 Å². The Morgan fingerprint density at radius 1 is 0.595 bits per heavy atom. The molecule has 0 amide bonds. The molecule has 0 saturated carbocycles. The van der Waals surface area contributed by atoms with E-state index in [0.29, 0.717) is 6.04 Å². The standard InChI is InChI=1S/C21H43N.C8H17N.2C2H6.C2H4/c1-4-6-8-9-10-11-12-13-14-15-16-17-18-19-21(3)22-20-7-5-2;1-5-8(4)6-9-7(2)3;3*1-2/h22H,3-20H2,1-2H3;7,9H,4-6H2,1-3H3;2*1-2H3;1-2H2. The van der Waals surface area contributed by atoms with E-state index in [9.17, 15) is 0 Å². The second-order valence-electron chi connectivity index (χ2n) is 9.52. The van der Waals surface area contributed by atoms with Crippen LogP contribution in [-0.2, 0) is 0 Å². The zero-order valence-corrected chi connectivity index (χ0v) is 27.8. The Morgan fingerprint density at radius 2 is 0.973 bits per heavy atom. The molecule has 2 heteroatoms. The number of hydrogen-bond donors (Lipinski definition) is 2. The van der Waals surface area contributed by atoms with Crippen molar-refractivity contribution in [3.63, 3.8) is 0 Å². The molecule has 0 spiro atoms. The van der Waals surface area contributed by atoms with Gasteiger partial charge in [-0.2, -0.15) is 0 Å². The van der Waals surface area contributed by atoms with Gasteiger partial charge in [0.15, 0.2) is 0 Å². The maximum absolute atomic E-state index is 4.11. The van der Waals surface area contributed by atoms with Gasteiger partial charge < -0.3 is 10.6 Å². The summed E-state index contributed by atoms with van der Waals surface area (Å²) in [5.41, 5.74) is 2.53. The highest BCUT2D eigenvalue weighted by Gasteiger charge is 1.96. The van der Waals surface area contributed by atoms with Crippen LogP contribution in [0.4, 0.5) is 0 Å². The summed E-state index contributed by atoms with van der Waals surface area (Å²) in [7, 11) is 0. The predicted molar refractivity (Wildman–Crippen MR) is 179 cm³/mol. The maximum Gasteiger partial charge on any atom is 0.0164 e. The van der Waals surface area contributed by atoms with E-state index >= 15 is 0 Å². The van der Waals surface area contributed by atoms with Crippen LogP contribution in [0.3, 0.4) is 0 Å². The first-order chi connectivity index (χ1) is 18.0. The number of allylic oxidation sites excluding steroid dienone is 1. The van der Waals surface area contributed by atoms with Gasteiger partial charge in [0.2, 0.25) is 0 Å². The molecule has 0 aromatic heterocycles. The molecule has 0 saturated heterocycles. The van der Waals surface area contributed by atoms with Crippen LogP contribution in [0.15, 0.2) is 37.6 Å². The van der Waals surface area contributed by atoms with Crippen molar-refractivity contribution in [1.82, 2.24) is 10.6 Å². The fourth-order valence-electron chi connectivity index (χ4n) is 3.36. The third-order valence-corrected chi connectivity index (χ3v) is 5.75. The number of nitrogens with one attached hydrogen (secondary N) is 2. The molecule has 0 aliphatic rings. The quantitative estimate of drug-likeness (QED) is 0.109. The minimum absolute atomic E-state index is 0.577. The summed E-state index contributed by atoms with van der Waals surface area (Å²) in [6.07, 6.45) is 23.3. The third kappa shape index (κ3) is 56.4. The maximum atomic E-state index is 4.11. The molecule has 0 fully saturated rings. The minimum atomic E-state index is 0.577. The van der Waals surface area contributed by atoms with Gasteiger partial charge in [-0.15, -0.1) is 13.2 Å². The van der Waals surface area contributed by atoms with Gasteiger partial charge in [-0.3, -0.25) is 0 Å². The average molecular weight is 525 g/mol. The van der Waals surface area contributed by atoms with Crippen LogP contribution in [0.25, 0.3) is 0 Å². The molecule has 0 unspecified atom stereocenters. The first-order valence-corrected chi connectivity index (χ1v) is 16.3. The van der Waals surface area contributed by atoms with Crippen LogP contribution in [0.5, 0.6) is 0 Å². The van der Waals surface area contributed by atoms with Crippen molar-refractivity contribution in [2.24, 2.45) is 0 Å². The first-order valence-electron chi connectivity index (χ1n) is 16.3. The highest BCUT2D eigenvalue weighted by atomic mass is 14.9. The van der Waals surface area contributed by atoms with E-state index in [-0.39, 0.29) is 0 Å². The second kappa shape index (κ2) is 48.1. The molecule has 2 nitrogen and oxygen atoms in total. The minimum Gasteiger partial charge on any atom is -0.389 e. The van der Waals surface area contributed by atoms with Gasteiger partial charge >= 0.3 is 0 Å². The molecule has 0 bridgehead atoms. The summed E-state index contributed by atoms with van der Waals surface area (Å²) in [6.45, 7) is 35.0. The monoisotopic (exact) mass is 525 g/mol. The van der Waals surface area contributed by atoms with Gasteiger partial charge in [-0.1, -0.05) is 165 Å². The molecule has 2 N–H and O–H groups in total. The van der Waals surface area contributed by atoms with Crippen molar-refractivity contribution in [2.75, 3.05) is 13.1 Å². The fraction of sp³-hybridized carbons (Fsp3) is 0.829. The molecule has 0 aliphatic heterocycles. The molecule has 0 rings (SSSR count). The molecule has 0 heterocycles. The Hall–Kier alpha value is -1.02. The topological polar surface area (TPSA) is 24.1 Å². The lowest BCUT2D eigenvalue weighted by molar-refractivity contribution is 0.537. The van der Waals surface area contributed by atoms with E-state index in [0.717, 1.165) is 19.5 Å². The Labute approximate surface area is 238 Å². The molecule has 37 heavy (non-hydrogen) atoms. The summed E-state index contributed by atoms with van der Waals surface area (Å²) >= 11 is 0. The summed E-state index contributed by atoms with van der Waals surface area (Å²) < 4.78 is 0. The molecule has 226 valence electrons. The summed E-state index contributed by atoms with van der Waals surface area (Å²) in [5, 5.41) is 6.73. The molecule has 0 aromatic rings. The van der Waals surface area contributed by atoms with E-state index < -0.39 is 0 Å². The largest absolute Gasteiger partial charge is 0.389 e. The molecule has 0 atom stereocenters. The molecule has 0 radical (unpaired) electrons. The molecular formula is C35H76N2. The van der Waals surface area contributed by atoms with Crippen molar-refractivity contribution in [2.45, 2.75) is 178 Å². The van der Waals surface area contributed by atoms with Crippen LogP contribution in [0.1, 0.15) is 171 Å². The van der Waals surface area contributed by atoms with Crippen molar-refractivity contribution >= 4 is 0 Å². The van der Waals surface area contributed by atoms with Gasteiger partial charge in [0.25, 0.3) is 0 Å². The Balaban J connectivity index is -0.000000189. The predicted octanol–water partition coefficient (Wildman–Crippen LogP) is 12.2. The smallest absolute Gasteiger partial charge is 0.0164 e. The van der Waals surface area contributed by atoms with Crippen molar-refractivity contribution in [3.8, 4) is 0 Å². The van der Waals surface area contributed by atoms with Crippen LogP contribution in [-0.4, -0.2) is 19.1 Å². The molecule has 0 aliphatic carbocycles. The van der Waals surface area contributed by atoms with E-state index in [1.807, 2.05) is 27.7 Å². The average Bonchev–Trinajstić information content (AvgIpc) is 2.93. The van der Waals surface area contributed by atoms with Crippen LogP contribution in [0, 0.1) is 0 Å². The zero-order valence-electron chi connectivity index (χ0n) is 27.8. The Morgan fingerprint density at radius 3 is 1.32 bits per heavy atom. The normalized spacial score (nSPS) is 9.35. The van der Waals surface area contributed by atoms with Gasteiger partial charge in [0.05, 0.1) is 0 Å². The zero-order chi connectivity index (χ0) is 29.6. The van der Waals surface area contributed by atoms with Gasteiger partial charge in [0, 0.05) is 24.8 Å². The summed E-state index contributed by atoms with van der Waals surface area (Å²) in [6, 6.07) is 0.577. The second-order valence-corrected chi connectivity index (χ2v) is 9.52. The molecular weight excluding hydrogens is 448 g/mol. The lowest BCUT2D eigenvalue weighted by atomic mass is 10.0. The van der Waals surface area contributed by atoms with Crippen LogP contribution in [0.2, 0.25) is 0 Å². The highest BCUT2D eigenvalue weighted by molar-refractivity contribution is 4.95. The van der Waals surface area contributed by atoms with Gasteiger partial charge in [-0.25, -0.2) is 0 Å². The van der Waals surface area contributed by atoms with E-state index in [4.69, 9.17) is 0 Å². The lowest BCUT2D eigenvalue weighted by Gasteiger charge is -2.08. The van der Waals surface area contributed by atoms with E-state index in [1.165, 1.54) is 114 Å². The molecule has 0 aromatic carbocycles. The van der Waals surface area contributed by atoms with Crippen molar-refractivity contribution in [1.29, 1.82) is 0 Å².